The Morgan fingerprint density at radius 2 is 2.25 bits per heavy atom. The molecule has 0 atom stereocenters. The van der Waals surface area contributed by atoms with E-state index in [0.717, 1.165) is 0 Å². The van der Waals surface area contributed by atoms with Gasteiger partial charge in [-0.15, -0.1) is 0 Å². The van der Waals surface area contributed by atoms with E-state index < -0.39 is 13.0 Å². The Balaban J connectivity index is 3.14. The van der Waals surface area contributed by atoms with Crippen molar-refractivity contribution in [3.05, 3.63) is 0 Å². The first-order valence-corrected chi connectivity index (χ1v) is 3.79. The Kier molecular flexibility index (Phi) is 6.55. The van der Waals surface area contributed by atoms with Gasteiger partial charge >= 0.3 is 0 Å². The van der Waals surface area contributed by atoms with Crippen molar-refractivity contribution in [2.75, 3.05) is 19.8 Å². The van der Waals surface area contributed by atoms with Crippen molar-refractivity contribution in [1.82, 2.24) is 5.32 Å². The molecule has 0 fully saturated rings. The van der Waals surface area contributed by atoms with Gasteiger partial charge in [-0.1, -0.05) is 0 Å². The van der Waals surface area contributed by atoms with Gasteiger partial charge in [0, 0.05) is 13.0 Å². The summed E-state index contributed by atoms with van der Waals surface area (Å²) in [5.74, 6) is -0.174. The average molecular weight is 181 g/mol. The molecule has 12 heavy (non-hydrogen) atoms. The smallest absolute Gasteiger partial charge is 0.261 e. The molecule has 1 N–H and O–H groups in total. The van der Waals surface area contributed by atoms with E-state index in [1.165, 1.54) is 0 Å². The number of carbonyl (C=O) groups excluding carboxylic acids is 1. The summed E-state index contributed by atoms with van der Waals surface area (Å²) in [5, 5.41) is 2.53. The number of rotatable bonds is 6. The van der Waals surface area contributed by atoms with E-state index in [4.69, 9.17) is 0 Å². The molecule has 0 rings (SSSR count). The topological polar surface area (TPSA) is 38.3 Å². The highest BCUT2D eigenvalue weighted by atomic mass is 19.3. The summed E-state index contributed by atoms with van der Waals surface area (Å²) in [5.41, 5.74) is 0. The third-order valence-electron chi connectivity index (χ3n) is 1.09. The first-order valence-electron chi connectivity index (χ1n) is 3.79. The van der Waals surface area contributed by atoms with Crippen molar-refractivity contribution in [2.45, 2.75) is 19.8 Å². The number of hydrogen-bond donors (Lipinski definition) is 1. The third kappa shape index (κ3) is 7.40. The average Bonchev–Trinajstić information content (AvgIpc) is 1.98. The SMILES string of the molecule is CCNC(=O)CCOCC(F)F. The van der Waals surface area contributed by atoms with Crippen LogP contribution in [0.4, 0.5) is 8.78 Å². The number of carbonyl (C=O) groups is 1. The number of halogens is 2. The zero-order valence-electron chi connectivity index (χ0n) is 6.98. The van der Waals surface area contributed by atoms with Gasteiger partial charge in [-0.3, -0.25) is 4.79 Å². The predicted molar refractivity (Wildman–Crippen MR) is 40.1 cm³/mol. The van der Waals surface area contributed by atoms with E-state index >= 15 is 0 Å². The Hall–Kier alpha value is -0.710. The van der Waals surface area contributed by atoms with Crippen LogP contribution in [0.2, 0.25) is 0 Å². The van der Waals surface area contributed by atoms with Crippen LogP contribution in [0, 0.1) is 0 Å². The van der Waals surface area contributed by atoms with Gasteiger partial charge in [-0.05, 0) is 6.92 Å². The summed E-state index contributed by atoms with van der Waals surface area (Å²) in [4.78, 5) is 10.7. The Morgan fingerprint density at radius 3 is 2.75 bits per heavy atom. The van der Waals surface area contributed by atoms with Gasteiger partial charge < -0.3 is 10.1 Å². The van der Waals surface area contributed by atoms with E-state index in [1.807, 2.05) is 0 Å². The molecule has 0 saturated carbocycles. The van der Waals surface area contributed by atoms with Crippen LogP contribution in [-0.2, 0) is 9.53 Å². The van der Waals surface area contributed by atoms with Crippen molar-refractivity contribution >= 4 is 5.91 Å². The molecular formula is C7H13F2NO2. The minimum absolute atomic E-state index is 0.0518. The molecule has 3 nitrogen and oxygen atoms in total. The van der Waals surface area contributed by atoms with Crippen LogP contribution >= 0.6 is 0 Å². The highest BCUT2D eigenvalue weighted by Gasteiger charge is 2.03. The summed E-state index contributed by atoms with van der Waals surface area (Å²) in [6.07, 6.45) is -2.32. The van der Waals surface area contributed by atoms with Crippen LogP contribution in [0.1, 0.15) is 13.3 Å². The summed E-state index contributed by atoms with van der Waals surface area (Å²) in [6, 6.07) is 0. The van der Waals surface area contributed by atoms with Gasteiger partial charge in [0.05, 0.1) is 6.61 Å². The second-order valence-corrected chi connectivity index (χ2v) is 2.17. The van der Waals surface area contributed by atoms with Crippen LogP contribution in [-0.4, -0.2) is 32.1 Å². The number of nitrogens with one attached hydrogen (secondary N) is 1. The molecule has 72 valence electrons. The molecule has 0 aromatic carbocycles. The zero-order valence-corrected chi connectivity index (χ0v) is 6.98. The first-order chi connectivity index (χ1) is 5.66. The first kappa shape index (κ1) is 11.3. The lowest BCUT2D eigenvalue weighted by atomic mass is 10.4. The van der Waals surface area contributed by atoms with Crippen molar-refractivity contribution in [1.29, 1.82) is 0 Å². The lowest BCUT2D eigenvalue weighted by molar-refractivity contribution is -0.122. The summed E-state index contributed by atoms with van der Waals surface area (Å²) in [7, 11) is 0. The highest BCUT2D eigenvalue weighted by molar-refractivity contribution is 5.75. The molecule has 0 unspecified atom stereocenters. The molecule has 0 aromatic rings. The molecule has 1 amide bonds. The maximum atomic E-state index is 11.5. The minimum Gasteiger partial charge on any atom is -0.375 e. The van der Waals surface area contributed by atoms with Crippen molar-refractivity contribution < 1.29 is 18.3 Å². The molecule has 0 heterocycles. The third-order valence-corrected chi connectivity index (χ3v) is 1.09. The van der Waals surface area contributed by atoms with Crippen LogP contribution < -0.4 is 5.32 Å². The van der Waals surface area contributed by atoms with Crippen molar-refractivity contribution in [3.8, 4) is 0 Å². The van der Waals surface area contributed by atoms with E-state index in [-0.39, 0.29) is 18.9 Å². The Morgan fingerprint density at radius 1 is 1.58 bits per heavy atom. The molecule has 0 aliphatic rings. The zero-order chi connectivity index (χ0) is 9.40. The van der Waals surface area contributed by atoms with Gasteiger partial charge in [0.1, 0.15) is 6.61 Å². The molecular weight excluding hydrogens is 168 g/mol. The molecule has 0 aliphatic heterocycles. The van der Waals surface area contributed by atoms with Gasteiger partial charge in [-0.25, -0.2) is 8.78 Å². The van der Waals surface area contributed by atoms with Gasteiger partial charge in [0.15, 0.2) is 0 Å². The van der Waals surface area contributed by atoms with E-state index in [0.29, 0.717) is 6.54 Å². The van der Waals surface area contributed by atoms with Crippen LogP contribution in [0.25, 0.3) is 0 Å². The Labute approximate surface area is 70.1 Å². The quantitative estimate of drug-likeness (QED) is 0.615. The summed E-state index contributed by atoms with van der Waals surface area (Å²) >= 11 is 0. The van der Waals surface area contributed by atoms with Crippen LogP contribution in [0.5, 0.6) is 0 Å². The van der Waals surface area contributed by atoms with Crippen LogP contribution in [0.3, 0.4) is 0 Å². The Bertz CT molecular complexity index is 131. The lowest BCUT2D eigenvalue weighted by Crippen LogP contribution is -2.24. The summed E-state index contributed by atoms with van der Waals surface area (Å²) < 4.78 is 27.5. The highest BCUT2D eigenvalue weighted by Crippen LogP contribution is 1.93. The minimum atomic E-state index is -2.46. The van der Waals surface area contributed by atoms with Gasteiger partial charge in [-0.2, -0.15) is 0 Å². The second-order valence-electron chi connectivity index (χ2n) is 2.17. The molecule has 0 radical (unpaired) electrons. The van der Waals surface area contributed by atoms with Gasteiger partial charge in [0.25, 0.3) is 6.43 Å². The molecule has 0 saturated heterocycles. The van der Waals surface area contributed by atoms with Crippen LogP contribution in [0.15, 0.2) is 0 Å². The number of amides is 1. The molecule has 0 aliphatic carbocycles. The maximum absolute atomic E-state index is 11.5. The lowest BCUT2D eigenvalue weighted by Gasteiger charge is -2.03. The van der Waals surface area contributed by atoms with Crippen molar-refractivity contribution in [2.24, 2.45) is 0 Å². The van der Waals surface area contributed by atoms with E-state index in [2.05, 4.69) is 10.1 Å². The number of alkyl halides is 2. The predicted octanol–water partition coefficient (Wildman–Crippen LogP) is 0.794. The van der Waals surface area contributed by atoms with E-state index in [9.17, 15) is 13.6 Å². The standard InChI is InChI=1S/C7H13F2NO2/c1-2-10-7(11)3-4-12-5-6(8)9/h6H,2-5H2,1H3,(H,10,11). The second kappa shape index (κ2) is 6.97. The fourth-order valence-electron chi connectivity index (χ4n) is 0.623. The molecule has 0 spiro atoms. The van der Waals surface area contributed by atoms with Crippen molar-refractivity contribution in [3.63, 3.8) is 0 Å². The maximum Gasteiger partial charge on any atom is 0.261 e. The molecule has 0 aromatic heterocycles. The van der Waals surface area contributed by atoms with Gasteiger partial charge in [0.2, 0.25) is 5.91 Å². The number of hydrogen-bond acceptors (Lipinski definition) is 2. The number of ether oxygens (including phenoxy) is 1. The fourth-order valence-corrected chi connectivity index (χ4v) is 0.623. The molecule has 0 bridgehead atoms. The largest absolute Gasteiger partial charge is 0.375 e. The molecule has 5 heteroatoms. The summed E-state index contributed by atoms with van der Waals surface area (Å²) in [6.45, 7) is 1.79. The fraction of sp³-hybridized carbons (Fsp3) is 0.857. The normalized spacial score (nSPS) is 10.3. The monoisotopic (exact) mass is 181 g/mol. The van der Waals surface area contributed by atoms with E-state index in [1.54, 1.807) is 6.92 Å².